The van der Waals surface area contributed by atoms with Gasteiger partial charge in [0, 0.05) is 23.6 Å². The maximum atomic E-state index is 12.4. The van der Waals surface area contributed by atoms with Gasteiger partial charge < -0.3 is 9.47 Å². The summed E-state index contributed by atoms with van der Waals surface area (Å²) >= 11 is 1.27. The van der Waals surface area contributed by atoms with Crippen molar-refractivity contribution in [2.24, 2.45) is 5.10 Å². The second-order valence-corrected chi connectivity index (χ2v) is 8.11. The molecular formula is C25H24N6O3S. The van der Waals surface area contributed by atoms with Crippen LogP contribution in [0.3, 0.4) is 0 Å². The Morgan fingerprint density at radius 2 is 1.86 bits per heavy atom. The molecule has 0 aliphatic carbocycles. The van der Waals surface area contributed by atoms with E-state index in [2.05, 4.69) is 25.7 Å². The average Bonchev–Trinajstić information content (AvgIpc) is 3.33. The second-order valence-electron chi connectivity index (χ2n) is 7.17. The van der Waals surface area contributed by atoms with E-state index in [4.69, 9.17) is 9.47 Å². The highest BCUT2D eigenvalue weighted by molar-refractivity contribution is 7.99. The lowest BCUT2D eigenvalue weighted by Crippen LogP contribution is -2.20. The molecule has 0 unspecified atom stereocenters. The SMILES string of the molecule is CCOc1ccc(-n2c(SCC(=O)N/N=C/c3ccc(OC)cc3)nnc2-c2cccnc2)cc1. The van der Waals surface area contributed by atoms with E-state index in [9.17, 15) is 4.79 Å². The Labute approximate surface area is 207 Å². The van der Waals surface area contributed by atoms with Crippen molar-refractivity contribution in [3.8, 4) is 28.6 Å². The predicted molar refractivity (Wildman–Crippen MR) is 135 cm³/mol. The Morgan fingerprint density at radius 3 is 2.54 bits per heavy atom. The summed E-state index contributed by atoms with van der Waals surface area (Å²) in [5, 5.41) is 13.3. The Hall–Kier alpha value is -4.18. The Morgan fingerprint density at radius 1 is 1.09 bits per heavy atom. The van der Waals surface area contributed by atoms with Gasteiger partial charge in [-0.2, -0.15) is 5.10 Å². The van der Waals surface area contributed by atoms with Crippen LogP contribution < -0.4 is 14.9 Å². The van der Waals surface area contributed by atoms with Crippen LogP contribution in [0.2, 0.25) is 0 Å². The van der Waals surface area contributed by atoms with Crippen molar-refractivity contribution in [3.63, 3.8) is 0 Å². The van der Waals surface area contributed by atoms with E-state index in [1.165, 1.54) is 11.8 Å². The molecule has 4 aromatic rings. The van der Waals surface area contributed by atoms with Gasteiger partial charge in [-0.05, 0) is 73.2 Å². The normalized spacial score (nSPS) is 10.9. The van der Waals surface area contributed by atoms with Crippen molar-refractivity contribution in [1.29, 1.82) is 0 Å². The maximum absolute atomic E-state index is 12.4. The van der Waals surface area contributed by atoms with Crippen molar-refractivity contribution >= 4 is 23.9 Å². The number of nitrogens with zero attached hydrogens (tertiary/aromatic N) is 5. The lowest BCUT2D eigenvalue weighted by atomic mass is 10.2. The minimum Gasteiger partial charge on any atom is -0.497 e. The number of hydrazone groups is 1. The summed E-state index contributed by atoms with van der Waals surface area (Å²) in [6.07, 6.45) is 5.00. The van der Waals surface area contributed by atoms with E-state index in [0.717, 1.165) is 28.3 Å². The molecule has 2 heterocycles. The minimum atomic E-state index is -0.260. The number of methoxy groups -OCH3 is 1. The molecule has 1 N–H and O–H groups in total. The van der Waals surface area contributed by atoms with Gasteiger partial charge in [-0.25, -0.2) is 5.43 Å². The van der Waals surface area contributed by atoms with E-state index < -0.39 is 0 Å². The fourth-order valence-electron chi connectivity index (χ4n) is 3.17. The molecule has 178 valence electrons. The highest BCUT2D eigenvalue weighted by Crippen LogP contribution is 2.28. The number of amides is 1. The van der Waals surface area contributed by atoms with Gasteiger partial charge in [0.2, 0.25) is 0 Å². The highest BCUT2D eigenvalue weighted by atomic mass is 32.2. The predicted octanol–water partition coefficient (Wildman–Crippen LogP) is 3.98. The zero-order valence-electron chi connectivity index (χ0n) is 19.3. The van der Waals surface area contributed by atoms with Crippen LogP contribution in [0.1, 0.15) is 12.5 Å². The molecule has 4 rings (SSSR count). The quantitative estimate of drug-likeness (QED) is 0.205. The molecule has 10 heteroatoms. The third kappa shape index (κ3) is 6.24. The fourth-order valence-corrected chi connectivity index (χ4v) is 3.91. The van der Waals surface area contributed by atoms with Gasteiger partial charge in [0.25, 0.3) is 5.91 Å². The summed E-state index contributed by atoms with van der Waals surface area (Å²) < 4.78 is 12.6. The Bertz CT molecular complexity index is 1280. The number of benzene rings is 2. The number of nitrogens with one attached hydrogen (secondary N) is 1. The number of ether oxygens (including phenoxy) is 2. The fraction of sp³-hybridized carbons (Fsp3) is 0.160. The van der Waals surface area contributed by atoms with Crippen LogP contribution in [-0.4, -0.2) is 51.3 Å². The Kier molecular flexibility index (Phi) is 8.08. The number of pyridine rings is 1. The molecule has 0 aliphatic heterocycles. The topological polar surface area (TPSA) is 104 Å². The number of hydrogen-bond acceptors (Lipinski definition) is 8. The molecule has 0 bridgehead atoms. The smallest absolute Gasteiger partial charge is 0.250 e. The summed E-state index contributed by atoms with van der Waals surface area (Å²) in [5.74, 6) is 2.01. The molecule has 1 amide bonds. The first kappa shape index (κ1) is 24.0. The van der Waals surface area contributed by atoms with Crippen LogP contribution in [0, 0.1) is 0 Å². The summed E-state index contributed by atoms with van der Waals surface area (Å²) in [4.78, 5) is 16.6. The van der Waals surface area contributed by atoms with E-state index >= 15 is 0 Å². The van der Waals surface area contributed by atoms with Crippen molar-refractivity contribution in [2.75, 3.05) is 19.5 Å². The van der Waals surface area contributed by atoms with E-state index in [0.29, 0.717) is 17.6 Å². The molecule has 0 fully saturated rings. The van der Waals surface area contributed by atoms with Gasteiger partial charge in [-0.1, -0.05) is 11.8 Å². The number of thioether (sulfide) groups is 1. The third-order valence-electron chi connectivity index (χ3n) is 4.81. The minimum absolute atomic E-state index is 0.113. The molecule has 0 aliphatic rings. The van der Waals surface area contributed by atoms with E-state index in [-0.39, 0.29) is 11.7 Å². The van der Waals surface area contributed by atoms with Crippen molar-refractivity contribution < 1.29 is 14.3 Å². The van der Waals surface area contributed by atoms with Gasteiger partial charge in [-0.15, -0.1) is 10.2 Å². The van der Waals surface area contributed by atoms with Gasteiger partial charge in [-0.3, -0.25) is 14.3 Å². The van der Waals surface area contributed by atoms with Crippen molar-refractivity contribution in [2.45, 2.75) is 12.1 Å². The summed E-state index contributed by atoms with van der Waals surface area (Å²) in [5.41, 5.74) is 5.05. The van der Waals surface area contributed by atoms with Crippen LogP contribution in [0.5, 0.6) is 11.5 Å². The number of carbonyl (C=O) groups excluding carboxylic acids is 1. The number of aromatic nitrogens is 4. The second kappa shape index (κ2) is 11.8. The van der Waals surface area contributed by atoms with Crippen LogP contribution >= 0.6 is 11.8 Å². The first-order valence-electron chi connectivity index (χ1n) is 10.9. The van der Waals surface area contributed by atoms with E-state index in [1.807, 2.05) is 72.2 Å². The molecular weight excluding hydrogens is 464 g/mol. The summed E-state index contributed by atoms with van der Waals surface area (Å²) in [6.45, 7) is 2.53. The van der Waals surface area contributed by atoms with Gasteiger partial charge in [0.15, 0.2) is 11.0 Å². The molecule has 0 atom stereocenters. The largest absolute Gasteiger partial charge is 0.497 e. The number of hydrogen-bond donors (Lipinski definition) is 1. The van der Waals surface area contributed by atoms with Gasteiger partial charge in [0.05, 0.1) is 25.7 Å². The lowest BCUT2D eigenvalue weighted by molar-refractivity contribution is -0.118. The number of rotatable bonds is 10. The van der Waals surface area contributed by atoms with Crippen LogP contribution in [-0.2, 0) is 4.79 Å². The highest BCUT2D eigenvalue weighted by Gasteiger charge is 2.17. The zero-order chi connectivity index (χ0) is 24.5. The maximum Gasteiger partial charge on any atom is 0.250 e. The lowest BCUT2D eigenvalue weighted by Gasteiger charge is -2.11. The molecule has 35 heavy (non-hydrogen) atoms. The van der Waals surface area contributed by atoms with Gasteiger partial charge in [0.1, 0.15) is 11.5 Å². The number of carbonyl (C=O) groups is 1. The zero-order valence-corrected chi connectivity index (χ0v) is 20.1. The average molecular weight is 489 g/mol. The summed E-state index contributed by atoms with van der Waals surface area (Å²) in [7, 11) is 1.61. The van der Waals surface area contributed by atoms with Crippen LogP contribution in [0.25, 0.3) is 17.1 Å². The van der Waals surface area contributed by atoms with Crippen LogP contribution in [0.4, 0.5) is 0 Å². The first-order valence-corrected chi connectivity index (χ1v) is 11.8. The first-order chi connectivity index (χ1) is 17.2. The van der Waals surface area contributed by atoms with E-state index in [1.54, 1.807) is 25.7 Å². The van der Waals surface area contributed by atoms with Gasteiger partial charge >= 0.3 is 0 Å². The molecule has 9 nitrogen and oxygen atoms in total. The molecule has 2 aromatic carbocycles. The molecule has 0 radical (unpaired) electrons. The molecule has 2 aromatic heterocycles. The monoisotopic (exact) mass is 488 g/mol. The van der Waals surface area contributed by atoms with Crippen molar-refractivity contribution in [3.05, 3.63) is 78.6 Å². The molecule has 0 spiro atoms. The summed E-state index contributed by atoms with van der Waals surface area (Å²) in [6, 6.07) is 18.7. The Balaban J connectivity index is 1.48. The third-order valence-corrected chi connectivity index (χ3v) is 5.74. The van der Waals surface area contributed by atoms with Crippen molar-refractivity contribution in [1.82, 2.24) is 25.2 Å². The molecule has 0 saturated carbocycles. The van der Waals surface area contributed by atoms with Crippen LogP contribution in [0.15, 0.2) is 83.3 Å². The molecule has 0 saturated heterocycles. The standard InChI is InChI=1S/C25H24N6O3S/c1-3-34-22-12-8-20(9-13-22)31-24(19-5-4-14-26-16-19)29-30-25(31)35-17-23(32)28-27-15-18-6-10-21(33-2)11-7-18/h4-16H,3,17H2,1-2H3,(H,28,32)/b27-15+.